The molecule has 122 valence electrons. The van der Waals surface area contributed by atoms with Crippen molar-refractivity contribution in [1.82, 2.24) is 9.80 Å². The molecule has 2 aliphatic rings. The van der Waals surface area contributed by atoms with Crippen LogP contribution < -0.4 is 0 Å². The minimum Gasteiger partial charge on any atom is -0.465 e. The molecular weight excluding hydrogens is 276 g/mol. The number of hydrogen-bond donors (Lipinski definition) is 0. The van der Waals surface area contributed by atoms with Crippen molar-refractivity contribution in [3.8, 4) is 0 Å². The summed E-state index contributed by atoms with van der Waals surface area (Å²) in [5.74, 6) is 0.946. The van der Waals surface area contributed by atoms with Crippen LogP contribution in [0.15, 0.2) is 28.9 Å². The largest absolute Gasteiger partial charge is 0.465 e. The molecule has 0 aromatic carbocycles. The van der Waals surface area contributed by atoms with Gasteiger partial charge in [-0.05, 0) is 50.6 Å². The van der Waals surface area contributed by atoms with Gasteiger partial charge in [-0.1, -0.05) is 12.5 Å². The van der Waals surface area contributed by atoms with Crippen LogP contribution >= 0.6 is 0 Å². The Bertz CT molecular complexity index is 438. The van der Waals surface area contributed by atoms with Gasteiger partial charge in [0, 0.05) is 25.7 Å². The van der Waals surface area contributed by atoms with Gasteiger partial charge in [-0.2, -0.15) is 0 Å². The molecule has 4 nitrogen and oxygen atoms in total. The van der Waals surface area contributed by atoms with Crippen LogP contribution in [-0.4, -0.2) is 61.8 Å². The van der Waals surface area contributed by atoms with Crippen molar-refractivity contribution in [2.75, 3.05) is 45.9 Å². The molecule has 0 unspecified atom stereocenters. The Kier molecular flexibility index (Phi) is 6.11. The molecule has 3 heterocycles. The molecule has 2 fully saturated rings. The van der Waals surface area contributed by atoms with E-state index in [1.165, 1.54) is 38.8 Å². The van der Waals surface area contributed by atoms with E-state index in [0.29, 0.717) is 0 Å². The number of nitrogens with zero attached hydrogens (tertiary/aromatic N) is 2. The lowest BCUT2D eigenvalue weighted by Gasteiger charge is -2.37. The first-order chi connectivity index (χ1) is 10.9. The van der Waals surface area contributed by atoms with Gasteiger partial charge in [0.15, 0.2) is 0 Å². The predicted octanol–water partition coefficient (Wildman–Crippen LogP) is 2.87. The minimum atomic E-state index is 0.734. The quantitative estimate of drug-likeness (QED) is 0.808. The molecule has 4 heteroatoms. The van der Waals surface area contributed by atoms with Crippen LogP contribution in [0.3, 0.4) is 0 Å². The minimum absolute atomic E-state index is 0.734. The van der Waals surface area contributed by atoms with Crippen molar-refractivity contribution in [3.63, 3.8) is 0 Å². The fourth-order valence-electron chi connectivity index (χ4n) is 3.47. The van der Waals surface area contributed by atoms with Crippen molar-refractivity contribution in [2.45, 2.75) is 31.7 Å². The van der Waals surface area contributed by atoms with Crippen molar-refractivity contribution < 1.29 is 9.15 Å². The van der Waals surface area contributed by atoms with Gasteiger partial charge in [0.1, 0.15) is 5.76 Å². The summed E-state index contributed by atoms with van der Waals surface area (Å²) in [6.45, 7) is 7.49. The Labute approximate surface area is 133 Å². The molecule has 0 aliphatic carbocycles. The first kappa shape index (κ1) is 15.8. The molecule has 1 aromatic rings. The Morgan fingerprint density at radius 3 is 2.91 bits per heavy atom. The Hall–Kier alpha value is -1.10. The van der Waals surface area contributed by atoms with Crippen molar-refractivity contribution in [1.29, 1.82) is 0 Å². The number of likely N-dealkylation sites (tertiary alicyclic amines) is 1. The maximum atomic E-state index is 5.43. The van der Waals surface area contributed by atoms with E-state index in [0.717, 1.165) is 44.7 Å². The van der Waals surface area contributed by atoms with Crippen molar-refractivity contribution in [2.24, 2.45) is 0 Å². The molecule has 3 rings (SSSR count). The van der Waals surface area contributed by atoms with Gasteiger partial charge in [0.25, 0.3) is 0 Å². The molecule has 0 spiro atoms. The average molecular weight is 304 g/mol. The number of morpholine rings is 1. The van der Waals surface area contributed by atoms with Gasteiger partial charge in [-0.15, -0.1) is 0 Å². The summed E-state index contributed by atoms with van der Waals surface area (Å²) in [4.78, 5) is 5.19. The van der Waals surface area contributed by atoms with Gasteiger partial charge >= 0.3 is 0 Å². The zero-order chi connectivity index (χ0) is 15.0. The number of piperidine rings is 1. The molecular formula is C18H28N2O2. The summed E-state index contributed by atoms with van der Waals surface area (Å²) in [5, 5.41) is 0. The summed E-state index contributed by atoms with van der Waals surface area (Å²) in [7, 11) is 0. The molecule has 0 radical (unpaired) electrons. The second-order valence-corrected chi connectivity index (χ2v) is 6.31. The van der Waals surface area contributed by atoms with E-state index in [9.17, 15) is 0 Å². The summed E-state index contributed by atoms with van der Waals surface area (Å²) in [6.07, 6.45) is 11.4. The molecule has 22 heavy (non-hydrogen) atoms. The maximum absolute atomic E-state index is 5.43. The highest BCUT2D eigenvalue weighted by molar-refractivity contribution is 5.42. The Morgan fingerprint density at radius 2 is 2.09 bits per heavy atom. The highest BCUT2D eigenvalue weighted by Gasteiger charge is 2.22. The Balaban J connectivity index is 1.45. The average Bonchev–Trinajstić information content (AvgIpc) is 3.08. The van der Waals surface area contributed by atoms with E-state index in [-0.39, 0.29) is 0 Å². The van der Waals surface area contributed by atoms with E-state index < -0.39 is 0 Å². The normalized spacial score (nSPS) is 25.0. The number of ether oxygens (including phenoxy) is 1. The third kappa shape index (κ3) is 4.70. The highest BCUT2D eigenvalue weighted by atomic mass is 16.5. The summed E-state index contributed by atoms with van der Waals surface area (Å²) >= 11 is 0. The fraction of sp³-hybridized carbons (Fsp3) is 0.667. The topological polar surface area (TPSA) is 28.9 Å². The first-order valence-corrected chi connectivity index (χ1v) is 8.66. The van der Waals surface area contributed by atoms with Gasteiger partial charge in [-0.3, -0.25) is 9.80 Å². The summed E-state index contributed by atoms with van der Waals surface area (Å²) in [6, 6.07) is 4.67. The predicted molar refractivity (Wildman–Crippen MR) is 88.8 cm³/mol. The number of hydrogen-bond acceptors (Lipinski definition) is 4. The molecule has 1 atom stereocenters. The van der Waals surface area contributed by atoms with E-state index in [2.05, 4.69) is 22.0 Å². The Morgan fingerprint density at radius 1 is 1.18 bits per heavy atom. The number of furan rings is 1. The first-order valence-electron chi connectivity index (χ1n) is 8.66. The molecule has 0 amide bonds. The van der Waals surface area contributed by atoms with Gasteiger partial charge < -0.3 is 9.15 Å². The van der Waals surface area contributed by atoms with Crippen molar-refractivity contribution >= 4 is 6.08 Å². The van der Waals surface area contributed by atoms with Crippen LogP contribution in [-0.2, 0) is 4.74 Å². The van der Waals surface area contributed by atoms with E-state index >= 15 is 0 Å². The summed E-state index contributed by atoms with van der Waals surface area (Å²) < 4.78 is 10.8. The van der Waals surface area contributed by atoms with E-state index in [1.54, 1.807) is 6.26 Å². The van der Waals surface area contributed by atoms with Crippen LogP contribution in [0.25, 0.3) is 6.08 Å². The molecule has 0 saturated carbocycles. The molecule has 2 saturated heterocycles. The van der Waals surface area contributed by atoms with Crippen LogP contribution in [0.4, 0.5) is 0 Å². The third-order valence-electron chi connectivity index (χ3n) is 4.80. The van der Waals surface area contributed by atoms with Crippen molar-refractivity contribution in [3.05, 3.63) is 30.2 Å². The van der Waals surface area contributed by atoms with E-state index in [4.69, 9.17) is 9.15 Å². The standard InChI is InChI=1S/C18H28N2O2/c1-2-9-20(10-3-6-18-7-4-14-22-18)17(5-1)8-11-19-12-15-21-16-13-19/h3-4,6-7,14,17H,1-2,5,8-13,15-16H2/b6-3+/t17-/m0/s1. The zero-order valence-corrected chi connectivity index (χ0v) is 13.5. The lowest BCUT2D eigenvalue weighted by atomic mass is 9.99. The lowest BCUT2D eigenvalue weighted by Crippen LogP contribution is -2.43. The summed E-state index contributed by atoms with van der Waals surface area (Å²) in [5.41, 5.74) is 0. The van der Waals surface area contributed by atoms with Crippen LogP contribution in [0.2, 0.25) is 0 Å². The second-order valence-electron chi connectivity index (χ2n) is 6.31. The SMILES string of the molecule is C(=C\c1ccco1)/CN1CCCC[C@H]1CCN1CCOCC1. The molecule has 1 aromatic heterocycles. The van der Waals surface area contributed by atoms with Gasteiger partial charge in [-0.25, -0.2) is 0 Å². The third-order valence-corrected chi connectivity index (χ3v) is 4.80. The monoisotopic (exact) mass is 304 g/mol. The molecule has 0 bridgehead atoms. The molecule has 0 N–H and O–H groups in total. The van der Waals surface area contributed by atoms with E-state index in [1.807, 2.05) is 12.1 Å². The second kappa shape index (κ2) is 8.51. The van der Waals surface area contributed by atoms with Crippen LogP contribution in [0, 0.1) is 0 Å². The number of rotatable bonds is 6. The van der Waals surface area contributed by atoms with Crippen LogP contribution in [0.5, 0.6) is 0 Å². The lowest BCUT2D eigenvalue weighted by molar-refractivity contribution is 0.0315. The van der Waals surface area contributed by atoms with Gasteiger partial charge in [0.2, 0.25) is 0 Å². The van der Waals surface area contributed by atoms with Gasteiger partial charge in [0.05, 0.1) is 19.5 Å². The maximum Gasteiger partial charge on any atom is 0.126 e. The molecule has 2 aliphatic heterocycles. The highest BCUT2D eigenvalue weighted by Crippen LogP contribution is 2.20. The zero-order valence-electron chi connectivity index (χ0n) is 13.5. The smallest absolute Gasteiger partial charge is 0.126 e. The van der Waals surface area contributed by atoms with Crippen LogP contribution in [0.1, 0.15) is 31.4 Å². The fourth-order valence-corrected chi connectivity index (χ4v) is 3.47.